The first kappa shape index (κ1) is 39.2. The van der Waals surface area contributed by atoms with E-state index in [2.05, 4.69) is 22.3 Å². The summed E-state index contributed by atoms with van der Waals surface area (Å²) in [5.74, 6) is -0.191. The molecule has 7 rings (SSSR count). The molecule has 1 aliphatic carbocycles. The van der Waals surface area contributed by atoms with Gasteiger partial charge in [0.1, 0.15) is 24.1 Å². The van der Waals surface area contributed by atoms with Gasteiger partial charge in [0, 0.05) is 25.1 Å². The third kappa shape index (κ3) is 8.82. The zero-order valence-corrected chi connectivity index (χ0v) is 32.8. The zero-order valence-electron chi connectivity index (χ0n) is 32.8. The predicted molar refractivity (Wildman–Crippen MR) is 240 cm³/mol. The Labute approximate surface area is 341 Å². The van der Waals surface area contributed by atoms with Crippen LogP contribution in [0.1, 0.15) is 49.9 Å². The number of hydrogen-bond donors (Lipinski definition) is 1. The van der Waals surface area contributed by atoms with E-state index in [0.717, 1.165) is 72.7 Å². The first-order valence-corrected chi connectivity index (χ1v) is 19.9. The molecule has 58 heavy (non-hydrogen) atoms. The van der Waals surface area contributed by atoms with Crippen LogP contribution in [0.5, 0.6) is 0 Å². The van der Waals surface area contributed by atoms with Gasteiger partial charge < -0.3 is 9.67 Å². The van der Waals surface area contributed by atoms with Crippen molar-refractivity contribution in [2.45, 2.75) is 45.1 Å². The highest BCUT2D eigenvalue weighted by atomic mass is 16.3. The van der Waals surface area contributed by atoms with Gasteiger partial charge in [-0.05, 0) is 92.8 Å². The van der Waals surface area contributed by atoms with Crippen molar-refractivity contribution < 1.29 is 14.5 Å². The summed E-state index contributed by atoms with van der Waals surface area (Å²) >= 11 is 0. The summed E-state index contributed by atoms with van der Waals surface area (Å²) in [5, 5.41) is 25.6. The second-order valence-electron chi connectivity index (χ2n) is 14.0. The van der Waals surface area contributed by atoms with Gasteiger partial charge in [-0.2, -0.15) is 14.8 Å². The van der Waals surface area contributed by atoms with Crippen LogP contribution in [0.3, 0.4) is 0 Å². The fourth-order valence-corrected chi connectivity index (χ4v) is 7.20. The van der Waals surface area contributed by atoms with E-state index in [1.165, 1.54) is 0 Å². The highest BCUT2D eigenvalue weighted by Gasteiger charge is 2.43. The molecule has 2 aliphatic rings. The molecule has 5 aromatic rings. The van der Waals surface area contributed by atoms with Crippen molar-refractivity contribution in [2.24, 2.45) is 10.2 Å². The summed E-state index contributed by atoms with van der Waals surface area (Å²) in [6, 6.07) is 43.9. The number of benzene rings is 4. The van der Waals surface area contributed by atoms with Gasteiger partial charge in [0.05, 0.1) is 45.9 Å². The Hall–Kier alpha value is -7.06. The molecule has 0 amide bonds. The number of allylic oxidation sites excluding steroid dienone is 6. The van der Waals surface area contributed by atoms with Crippen LogP contribution >= 0.6 is 0 Å². The van der Waals surface area contributed by atoms with E-state index in [-0.39, 0.29) is 11.5 Å². The number of aliphatic hydroxyl groups is 1. The van der Waals surface area contributed by atoms with Crippen LogP contribution in [0, 0.1) is 0 Å². The Balaban J connectivity index is 1.25. The minimum absolute atomic E-state index is 0.00161. The first-order valence-electron chi connectivity index (χ1n) is 19.9. The molecule has 1 aliphatic heterocycles. The van der Waals surface area contributed by atoms with E-state index in [4.69, 9.17) is 10.2 Å². The van der Waals surface area contributed by atoms with E-state index in [0.29, 0.717) is 35.6 Å². The molecule has 8 nitrogen and oxygen atoms in total. The molecule has 0 fully saturated rings. The summed E-state index contributed by atoms with van der Waals surface area (Å²) in [4.78, 5) is 14.3. The first-order chi connectivity index (χ1) is 28.6. The molecule has 290 valence electrons. The molecule has 0 atom stereocenters. The van der Waals surface area contributed by atoms with Gasteiger partial charge in [-0.1, -0.05) is 84.9 Å². The highest BCUT2D eigenvalue weighted by molar-refractivity contribution is 6.39. The lowest BCUT2D eigenvalue weighted by Crippen LogP contribution is -2.28. The molecule has 1 N–H and O–H groups in total. The summed E-state index contributed by atoms with van der Waals surface area (Å²) in [7, 11) is 0. The Bertz CT molecular complexity index is 2330. The van der Waals surface area contributed by atoms with E-state index >= 15 is 0 Å². The highest BCUT2D eigenvalue weighted by Crippen LogP contribution is 2.40. The summed E-state index contributed by atoms with van der Waals surface area (Å²) in [6.45, 7) is 9.07. The van der Waals surface area contributed by atoms with Gasteiger partial charge >= 0.3 is 0 Å². The van der Waals surface area contributed by atoms with Crippen LogP contribution in [0.15, 0.2) is 198 Å². The number of hydrogen-bond acceptors (Lipinski definition) is 6. The van der Waals surface area contributed by atoms with Crippen molar-refractivity contribution in [3.8, 4) is 0 Å². The normalized spacial score (nSPS) is 15.1. The van der Waals surface area contributed by atoms with Crippen LogP contribution in [0.2, 0.25) is 0 Å². The molecular weight excluding hydrogens is 717 g/mol. The molecule has 0 spiro atoms. The molecule has 0 saturated heterocycles. The molecule has 1 aromatic heterocycles. The maximum absolute atomic E-state index is 14.3. The lowest BCUT2D eigenvalue weighted by molar-refractivity contribution is -0.467. The minimum atomic E-state index is -0.189. The van der Waals surface area contributed by atoms with Gasteiger partial charge in [-0.15, -0.1) is 13.2 Å². The number of hydrazone groups is 2. The monoisotopic (exact) mass is 765 g/mol. The molecule has 0 radical (unpaired) electrons. The number of aliphatic hydroxyl groups excluding tert-OH is 1. The quantitative estimate of drug-likeness (QED) is 0.0227. The van der Waals surface area contributed by atoms with Gasteiger partial charge in [-0.25, -0.2) is 10.0 Å². The maximum Gasteiger partial charge on any atom is 0.226 e. The zero-order chi connectivity index (χ0) is 40.1. The molecule has 0 bridgehead atoms. The SMILES string of the molecule is C=CCCCCn1c(/C=N/N(c2ccccc2)c2ccccc2)ccc1C1=C(O)/C(=C2/C=CC(/C=N/N(c3ccccc3)c3ccccc3)=[N+]2CCCCC=C)C1=O. The van der Waals surface area contributed by atoms with Crippen molar-refractivity contribution in [2.75, 3.05) is 16.6 Å². The number of carbonyl (C=O) groups is 1. The molecule has 2 heterocycles. The summed E-state index contributed by atoms with van der Waals surface area (Å²) in [6.07, 6.45) is 16.8. The number of Topliss-reactive ketones (excluding diaryl/α,β-unsaturated/α-hetero) is 1. The molecule has 8 heteroatoms. The molecule has 0 saturated carbocycles. The van der Waals surface area contributed by atoms with Crippen LogP contribution in [0.25, 0.3) is 5.57 Å². The Morgan fingerprint density at radius 2 is 1.10 bits per heavy atom. The van der Waals surface area contributed by atoms with Crippen molar-refractivity contribution >= 4 is 52.2 Å². The second-order valence-corrected chi connectivity index (χ2v) is 14.0. The number of ketones is 1. The minimum Gasteiger partial charge on any atom is -0.506 e. The Kier molecular flexibility index (Phi) is 13.0. The molecular formula is C50H49N6O2+. The van der Waals surface area contributed by atoms with Crippen molar-refractivity contribution in [3.63, 3.8) is 0 Å². The smallest absolute Gasteiger partial charge is 0.226 e. The van der Waals surface area contributed by atoms with E-state index < -0.39 is 0 Å². The summed E-state index contributed by atoms with van der Waals surface area (Å²) in [5.41, 5.74) is 7.33. The number of nitrogens with zero attached hydrogens (tertiary/aromatic N) is 6. The van der Waals surface area contributed by atoms with Gasteiger partial charge in [0.25, 0.3) is 0 Å². The number of aromatic nitrogens is 1. The Morgan fingerprint density at radius 3 is 1.60 bits per heavy atom. The second kappa shape index (κ2) is 19.2. The van der Waals surface area contributed by atoms with Crippen LogP contribution in [0.4, 0.5) is 22.7 Å². The van der Waals surface area contributed by atoms with Gasteiger partial charge in [-0.3, -0.25) is 4.79 Å². The number of anilines is 4. The van der Waals surface area contributed by atoms with Gasteiger partial charge in [0.2, 0.25) is 17.2 Å². The van der Waals surface area contributed by atoms with E-state index in [9.17, 15) is 9.90 Å². The molecule has 4 aromatic carbocycles. The number of rotatable bonds is 19. The largest absolute Gasteiger partial charge is 0.506 e. The van der Waals surface area contributed by atoms with Crippen LogP contribution < -0.4 is 10.0 Å². The van der Waals surface area contributed by atoms with E-state index in [1.54, 1.807) is 0 Å². The van der Waals surface area contributed by atoms with Crippen molar-refractivity contribution in [3.05, 3.63) is 199 Å². The van der Waals surface area contributed by atoms with Crippen molar-refractivity contribution in [1.29, 1.82) is 0 Å². The van der Waals surface area contributed by atoms with Gasteiger partial charge in [0.15, 0.2) is 0 Å². The lowest BCUT2D eigenvalue weighted by atomic mass is 9.84. The van der Waals surface area contributed by atoms with Crippen LogP contribution in [-0.2, 0) is 11.3 Å². The number of carbonyl (C=O) groups excluding carboxylic acids is 1. The fourth-order valence-electron chi connectivity index (χ4n) is 7.20. The van der Waals surface area contributed by atoms with Crippen molar-refractivity contribution in [1.82, 2.24) is 4.57 Å². The standard InChI is InChI=1S/C50H48N6O2/c1-3-5-7-21-35-53-43(37-51-55(39-23-13-9-14-24-39)40-25-15-10-16-26-40)31-33-45(53)47-49(57)48(50(47)58)46-34-32-44(54(46)36-22-8-6-4-2)38-52-56(41-27-17-11-18-28-41)42-29-19-12-20-30-42/h3-4,9-20,23-34,37-38H,1-2,5-8,21-22,35-36H2/p+1. The Morgan fingerprint density at radius 1 is 0.603 bits per heavy atom. The topological polar surface area (TPSA) is 76.4 Å². The third-order valence-electron chi connectivity index (χ3n) is 10.2. The van der Waals surface area contributed by atoms with E-state index in [1.807, 2.05) is 180 Å². The predicted octanol–water partition coefficient (Wildman–Crippen LogP) is 11.3. The lowest BCUT2D eigenvalue weighted by Gasteiger charge is -2.23. The number of para-hydroxylation sites is 4. The maximum atomic E-state index is 14.3. The third-order valence-corrected chi connectivity index (χ3v) is 10.2. The summed E-state index contributed by atoms with van der Waals surface area (Å²) < 4.78 is 4.18. The molecule has 0 unspecified atom stereocenters. The average Bonchev–Trinajstić information content (AvgIpc) is 3.85. The average molecular weight is 766 g/mol. The van der Waals surface area contributed by atoms with Crippen LogP contribution in [-0.4, -0.2) is 44.7 Å². The fraction of sp³-hybridized carbons (Fsp3) is 0.160. The number of unbranched alkanes of at least 4 members (excludes halogenated alkanes) is 4.